The van der Waals surface area contributed by atoms with E-state index >= 15 is 0 Å². The van der Waals surface area contributed by atoms with Gasteiger partial charge in [-0.25, -0.2) is 9.18 Å². The average Bonchev–Trinajstić information content (AvgIpc) is 3.69. The Kier molecular flexibility index (Phi) is 8.76. The quantitative estimate of drug-likeness (QED) is 0.159. The monoisotopic (exact) mass is 522 g/mol. The Bertz CT molecular complexity index is 1260. The molecule has 1 aromatic heterocycles. The van der Waals surface area contributed by atoms with Crippen molar-refractivity contribution in [1.29, 1.82) is 0 Å². The van der Waals surface area contributed by atoms with Gasteiger partial charge in [0.1, 0.15) is 17.6 Å². The molecule has 4 rings (SSSR count). The number of rotatable bonds is 12. The Morgan fingerprint density at radius 3 is 2.70 bits per heavy atom. The van der Waals surface area contributed by atoms with E-state index in [9.17, 15) is 14.0 Å². The van der Waals surface area contributed by atoms with Crippen LogP contribution in [0.15, 0.2) is 73.7 Å². The predicted octanol–water partition coefficient (Wildman–Crippen LogP) is 4.72. The van der Waals surface area contributed by atoms with Crippen molar-refractivity contribution in [3.63, 3.8) is 0 Å². The highest BCUT2D eigenvalue weighted by molar-refractivity contribution is 6.68. The molecular weight excluding hydrogens is 495 g/mol. The fourth-order valence-electron chi connectivity index (χ4n) is 4.40. The standard InChI is InChI=1S/C28H28ClFN4O3/c1-2-13-34(25-16-22(25)18-5-8-20(30)9-6-18)14-3-4-23(31)28(36)37-26-15-19(7-10-21(26)27(29)35)24-17-32-11-12-33-24/h2,5-12,15,17,22-23,25H,1,3-4,13-14,16,31H2/t22-,23-,25+/m0/s1. The van der Waals surface area contributed by atoms with Crippen LogP contribution >= 0.6 is 11.6 Å². The zero-order valence-electron chi connectivity index (χ0n) is 20.2. The largest absolute Gasteiger partial charge is 0.425 e. The molecule has 1 heterocycles. The van der Waals surface area contributed by atoms with E-state index in [1.807, 2.05) is 18.2 Å². The van der Waals surface area contributed by atoms with Crippen LogP contribution in [0, 0.1) is 5.82 Å². The molecule has 0 amide bonds. The molecule has 1 saturated carbocycles. The fraction of sp³-hybridized carbons (Fsp3) is 0.286. The molecule has 0 bridgehead atoms. The van der Waals surface area contributed by atoms with Gasteiger partial charge in [0, 0.05) is 36.5 Å². The topological polar surface area (TPSA) is 98.4 Å². The molecule has 2 aromatic carbocycles. The van der Waals surface area contributed by atoms with Crippen LogP contribution in [0.4, 0.5) is 4.39 Å². The van der Waals surface area contributed by atoms with Gasteiger partial charge >= 0.3 is 5.97 Å². The molecule has 0 unspecified atom stereocenters. The number of nitrogens with zero attached hydrogens (tertiary/aromatic N) is 3. The number of carbonyl (C=O) groups excluding carboxylic acids is 2. The summed E-state index contributed by atoms with van der Waals surface area (Å²) in [6.07, 6.45) is 8.55. The maximum atomic E-state index is 13.2. The van der Waals surface area contributed by atoms with Crippen molar-refractivity contribution in [1.82, 2.24) is 14.9 Å². The molecule has 192 valence electrons. The molecule has 0 saturated heterocycles. The summed E-state index contributed by atoms with van der Waals surface area (Å²) in [5, 5.41) is -0.748. The number of hydrogen-bond acceptors (Lipinski definition) is 7. The lowest BCUT2D eigenvalue weighted by Crippen LogP contribution is -2.36. The third-order valence-electron chi connectivity index (χ3n) is 6.41. The van der Waals surface area contributed by atoms with Gasteiger partial charge in [-0.2, -0.15) is 0 Å². The van der Waals surface area contributed by atoms with Gasteiger partial charge in [0.25, 0.3) is 5.24 Å². The van der Waals surface area contributed by atoms with Crippen molar-refractivity contribution in [2.24, 2.45) is 5.73 Å². The van der Waals surface area contributed by atoms with Crippen LogP contribution in [0.3, 0.4) is 0 Å². The van der Waals surface area contributed by atoms with Gasteiger partial charge in [0.2, 0.25) is 0 Å². The van der Waals surface area contributed by atoms with Crippen LogP contribution < -0.4 is 10.5 Å². The van der Waals surface area contributed by atoms with Gasteiger partial charge < -0.3 is 10.5 Å². The highest BCUT2D eigenvalue weighted by atomic mass is 35.5. The second-order valence-electron chi connectivity index (χ2n) is 8.99. The summed E-state index contributed by atoms with van der Waals surface area (Å²) in [6, 6.07) is 10.8. The van der Waals surface area contributed by atoms with Gasteiger partial charge in [0.15, 0.2) is 0 Å². The predicted molar refractivity (Wildman–Crippen MR) is 140 cm³/mol. The molecule has 9 heteroatoms. The third kappa shape index (κ3) is 6.85. The summed E-state index contributed by atoms with van der Waals surface area (Å²) >= 11 is 5.70. The van der Waals surface area contributed by atoms with Crippen molar-refractivity contribution in [3.05, 3.63) is 90.7 Å². The van der Waals surface area contributed by atoms with Crippen molar-refractivity contribution < 1.29 is 18.7 Å². The highest BCUT2D eigenvalue weighted by Gasteiger charge is 2.42. The van der Waals surface area contributed by atoms with Crippen molar-refractivity contribution in [2.45, 2.75) is 37.3 Å². The lowest BCUT2D eigenvalue weighted by atomic mass is 10.1. The van der Waals surface area contributed by atoms with E-state index < -0.39 is 17.3 Å². The highest BCUT2D eigenvalue weighted by Crippen LogP contribution is 2.44. The summed E-state index contributed by atoms with van der Waals surface area (Å²) in [5.74, 6) is -0.515. The van der Waals surface area contributed by atoms with Gasteiger partial charge in [-0.05, 0) is 67.2 Å². The van der Waals surface area contributed by atoms with Gasteiger partial charge in [0.05, 0.1) is 17.5 Å². The summed E-state index contributed by atoms with van der Waals surface area (Å²) < 4.78 is 18.8. The van der Waals surface area contributed by atoms with Crippen molar-refractivity contribution >= 4 is 22.8 Å². The molecule has 1 aliphatic rings. The molecule has 3 aromatic rings. The number of benzene rings is 2. The third-order valence-corrected chi connectivity index (χ3v) is 6.62. The maximum Gasteiger partial charge on any atom is 0.328 e. The van der Waals surface area contributed by atoms with Crippen LogP contribution in [-0.2, 0) is 4.79 Å². The normalized spacial score (nSPS) is 17.3. The second kappa shape index (κ2) is 12.2. The molecule has 3 atom stereocenters. The zero-order valence-corrected chi connectivity index (χ0v) is 21.0. The minimum atomic E-state index is -0.879. The first-order valence-corrected chi connectivity index (χ1v) is 12.4. The minimum absolute atomic E-state index is 0.0250. The van der Waals surface area contributed by atoms with Crippen LogP contribution in [0.1, 0.15) is 41.1 Å². The van der Waals surface area contributed by atoms with E-state index in [1.165, 1.54) is 30.5 Å². The Balaban J connectivity index is 1.34. The maximum absolute atomic E-state index is 13.2. The van der Waals surface area contributed by atoms with E-state index in [-0.39, 0.29) is 17.1 Å². The molecule has 37 heavy (non-hydrogen) atoms. The minimum Gasteiger partial charge on any atom is -0.425 e. The number of hydrogen-bond donors (Lipinski definition) is 1. The zero-order chi connectivity index (χ0) is 26.4. The number of nitrogens with two attached hydrogens (primary N) is 1. The first kappa shape index (κ1) is 26.6. The molecule has 7 nitrogen and oxygen atoms in total. The first-order valence-electron chi connectivity index (χ1n) is 12.0. The van der Waals surface area contributed by atoms with E-state index in [1.54, 1.807) is 18.5 Å². The lowest BCUT2D eigenvalue weighted by Gasteiger charge is -2.22. The Hall–Kier alpha value is -3.46. The second-order valence-corrected chi connectivity index (χ2v) is 9.33. The van der Waals surface area contributed by atoms with Crippen LogP contribution in [0.25, 0.3) is 11.3 Å². The molecule has 0 spiro atoms. The fourth-order valence-corrected chi connectivity index (χ4v) is 4.56. The molecule has 2 N–H and O–H groups in total. The van der Waals surface area contributed by atoms with E-state index in [4.69, 9.17) is 22.1 Å². The van der Waals surface area contributed by atoms with Crippen LogP contribution in [0.2, 0.25) is 0 Å². The average molecular weight is 523 g/mol. The number of halogens is 2. The Morgan fingerprint density at radius 2 is 2.03 bits per heavy atom. The van der Waals surface area contributed by atoms with Gasteiger partial charge in [-0.3, -0.25) is 19.7 Å². The Labute approximate surface area is 220 Å². The molecular formula is C28H28ClFN4O3. The van der Waals surface area contributed by atoms with E-state index in [2.05, 4.69) is 21.4 Å². The number of carbonyl (C=O) groups is 2. The Morgan fingerprint density at radius 1 is 1.24 bits per heavy atom. The smallest absolute Gasteiger partial charge is 0.328 e. The van der Waals surface area contributed by atoms with Crippen molar-refractivity contribution in [3.8, 4) is 17.0 Å². The molecule has 1 fully saturated rings. The van der Waals surface area contributed by atoms with Crippen molar-refractivity contribution in [2.75, 3.05) is 13.1 Å². The van der Waals surface area contributed by atoms with Crippen LogP contribution in [-0.4, -0.2) is 51.3 Å². The molecule has 0 radical (unpaired) electrons. The number of esters is 1. The molecule has 0 aliphatic heterocycles. The van der Waals surface area contributed by atoms with Gasteiger partial charge in [-0.15, -0.1) is 6.58 Å². The summed E-state index contributed by atoms with van der Waals surface area (Å²) in [7, 11) is 0. The lowest BCUT2D eigenvalue weighted by molar-refractivity contribution is -0.136. The SMILES string of the molecule is C=CCN(CCC[C@H](N)C(=O)Oc1cc(-c2cnccn2)ccc1C(=O)Cl)[C@@H]1C[C@H]1c1ccc(F)cc1. The van der Waals surface area contributed by atoms with E-state index in [0.29, 0.717) is 42.6 Å². The number of ether oxygens (including phenoxy) is 1. The summed E-state index contributed by atoms with van der Waals surface area (Å²) in [4.78, 5) is 35.2. The summed E-state index contributed by atoms with van der Waals surface area (Å²) in [6.45, 7) is 5.28. The van der Waals surface area contributed by atoms with Gasteiger partial charge in [-0.1, -0.05) is 24.3 Å². The number of aromatic nitrogens is 2. The molecule has 1 aliphatic carbocycles. The van der Waals surface area contributed by atoms with Crippen LogP contribution in [0.5, 0.6) is 5.75 Å². The first-order chi connectivity index (χ1) is 17.9. The van der Waals surface area contributed by atoms with E-state index in [0.717, 1.165) is 18.5 Å². The summed E-state index contributed by atoms with van der Waals surface area (Å²) in [5.41, 5.74) is 8.49.